The Morgan fingerprint density at radius 2 is 1.55 bits per heavy atom. The molecule has 0 spiro atoms. The van der Waals surface area contributed by atoms with Crippen molar-refractivity contribution in [2.75, 3.05) is 37.4 Å². The molecular formula is C30H31N5O3. The number of hydrogen-bond acceptors (Lipinski definition) is 7. The number of carbonyl (C=O) groups is 1. The predicted molar refractivity (Wildman–Crippen MR) is 152 cm³/mol. The van der Waals surface area contributed by atoms with E-state index >= 15 is 0 Å². The van der Waals surface area contributed by atoms with Gasteiger partial charge in [0.2, 0.25) is 12.1 Å². The van der Waals surface area contributed by atoms with Gasteiger partial charge in [0.25, 0.3) is 0 Å². The van der Waals surface area contributed by atoms with Crippen LogP contribution in [0.4, 0.5) is 11.5 Å². The summed E-state index contributed by atoms with van der Waals surface area (Å²) in [6.45, 7) is 1.12. The van der Waals surface area contributed by atoms with E-state index in [0.29, 0.717) is 18.7 Å². The Balaban J connectivity index is 0.000000505. The van der Waals surface area contributed by atoms with E-state index in [9.17, 15) is 4.79 Å². The summed E-state index contributed by atoms with van der Waals surface area (Å²) in [5, 5.41) is 17.8. The Hall–Kier alpha value is -4.69. The van der Waals surface area contributed by atoms with Crippen molar-refractivity contribution in [3.63, 3.8) is 0 Å². The molecule has 5 rings (SSSR count). The molecule has 2 heterocycles. The van der Waals surface area contributed by atoms with E-state index in [-0.39, 0.29) is 6.61 Å². The van der Waals surface area contributed by atoms with Crippen molar-refractivity contribution in [3.05, 3.63) is 96.8 Å². The van der Waals surface area contributed by atoms with Gasteiger partial charge < -0.3 is 25.5 Å². The summed E-state index contributed by atoms with van der Waals surface area (Å²) in [5.74, 6) is 1.59. The second kappa shape index (κ2) is 13.6. The third-order valence-corrected chi connectivity index (χ3v) is 5.87. The van der Waals surface area contributed by atoms with Gasteiger partial charge in [0.15, 0.2) is 0 Å². The summed E-state index contributed by atoms with van der Waals surface area (Å²) < 4.78 is 6.27. The average molecular weight is 510 g/mol. The third kappa shape index (κ3) is 6.54. The summed E-state index contributed by atoms with van der Waals surface area (Å²) in [5.41, 5.74) is 6.05. The van der Waals surface area contributed by atoms with Crippen LogP contribution < -0.4 is 16.0 Å². The molecule has 38 heavy (non-hydrogen) atoms. The average Bonchev–Trinajstić information content (AvgIpc) is 3.38. The van der Waals surface area contributed by atoms with Crippen LogP contribution in [0.15, 0.2) is 95.7 Å². The molecule has 0 saturated heterocycles. The predicted octanol–water partition coefficient (Wildman–Crippen LogP) is 4.98. The molecule has 5 aromatic rings. The number of aromatic nitrogens is 2. The summed E-state index contributed by atoms with van der Waals surface area (Å²) >= 11 is 0. The first kappa shape index (κ1) is 26.4. The lowest BCUT2D eigenvalue weighted by molar-refractivity contribution is -0.109. The molecule has 1 amide bonds. The molecule has 8 heteroatoms. The highest BCUT2D eigenvalue weighted by molar-refractivity contribution is 6.05. The van der Waals surface area contributed by atoms with Gasteiger partial charge in [0, 0.05) is 37.0 Å². The largest absolute Gasteiger partial charge is 0.437 e. The number of aliphatic hydroxyl groups is 1. The zero-order chi connectivity index (χ0) is 26.6. The van der Waals surface area contributed by atoms with E-state index < -0.39 is 0 Å². The van der Waals surface area contributed by atoms with E-state index in [4.69, 9.17) is 9.52 Å². The van der Waals surface area contributed by atoms with Crippen molar-refractivity contribution in [1.29, 1.82) is 0 Å². The fourth-order valence-corrected chi connectivity index (χ4v) is 4.03. The molecule has 4 N–H and O–H groups in total. The van der Waals surface area contributed by atoms with Gasteiger partial charge in [-0.2, -0.15) is 0 Å². The van der Waals surface area contributed by atoms with Gasteiger partial charge in [-0.1, -0.05) is 72.8 Å². The fraction of sp³-hybridized carbons (Fsp3) is 0.167. The Morgan fingerprint density at radius 3 is 2.16 bits per heavy atom. The Morgan fingerprint density at radius 1 is 0.868 bits per heavy atom. The minimum atomic E-state index is 0.0126. The second-order valence-electron chi connectivity index (χ2n) is 8.36. The summed E-state index contributed by atoms with van der Waals surface area (Å²) in [7, 11) is 1.93. The standard InChI is InChI=1S/C27H24N4O.C3H7NO2/c1-28-22-14-12-19(13-15-22)16-17-29-26-24-23(20-8-4-2-5-9-20)25(21-10-6-3-7-11-21)32-27(24)31-18-30-26;5-2-1-4-3-6/h2-15,18,28H,16-17H2,1H3,(H,29,30,31);3,5H,1-2H2,(H,4,6). The lowest BCUT2D eigenvalue weighted by Crippen LogP contribution is -2.14. The van der Waals surface area contributed by atoms with Gasteiger partial charge >= 0.3 is 0 Å². The second-order valence-corrected chi connectivity index (χ2v) is 8.36. The molecule has 8 nitrogen and oxygen atoms in total. The van der Waals surface area contributed by atoms with Crippen LogP contribution in [0.2, 0.25) is 0 Å². The first-order valence-corrected chi connectivity index (χ1v) is 12.4. The zero-order valence-electron chi connectivity index (χ0n) is 21.2. The number of rotatable bonds is 10. The molecule has 0 bridgehead atoms. The number of anilines is 2. The summed E-state index contributed by atoms with van der Waals surface area (Å²) in [4.78, 5) is 18.3. The minimum absolute atomic E-state index is 0.0126. The number of nitrogens with zero attached hydrogens (tertiary/aromatic N) is 2. The third-order valence-electron chi connectivity index (χ3n) is 5.87. The van der Waals surface area contributed by atoms with E-state index in [1.165, 1.54) is 5.56 Å². The molecular weight excluding hydrogens is 478 g/mol. The number of carbonyl (C=O) groups excluding carboxylic acids is 1. The van der Waals surface area contributed by atoms with Crippen molar-refractivity contribution in [2.24, 2.45) is 0 Å². The van der Waals surface area contributed by atoms with E-state index in [0.717, 1.165) is 52.3 Å². The van der Waals surface area contributed by atoms with E-state index in [1.54, 1.807) is 6.33 Å². The molecule has 3 aromatic carbocycles. The van der Waals surface area contributed by atoms with Gasteiger partial charge in [-0.15, -0.1) is 0 Å². The SMILES string of the molecule is CNc1ccc(CCNc2ncnc3oc(-c4ccccc4)c(-c4ccccc4)c23)cc1.O=CNCCO. The van der Waals surface area contributed by atoms with Crippen LogP contribution in [0.3, 0.4) is 0 Å². The quantitative estimate of drug-likeness (QED) is 0.155. The Bertz CT molecular complexity index is 1420. The molecule has 0 aliphatic rings. The van der Waals surface area contributed by atoms with Crippen molar-refractivity contribution in [2.45, 2.75) is 6.42 Å². The first-order valence-electron chi connectivity index (χ1n) is 12.4. The van der Waals surface area contributed by atoms with Gasteiger partial charge in [-0.05, 0) is 29.7 Å². The molecule has 0 radical (unpaired) electrons. The number of amides is 1. The highest BCUT2D eigenvalue weighted by atomic mass is 16.3. The molecule has 0 aliphatic heterocycles. The maximum absolute atomic E-state index is 9.34. The van der Waals surface area contributed by atoms with Crippen molar-refractivity contribution in [1.82, 2.24) is 15.3 Å². The Kier molecular flexibility index (Phi) is 9.42. The number of aliphatic hydroxyl groups excluding tert-OH is 1. The maximum Gasteiger partial charge on any atom is 0.232 e. The molecule has 0 atom stereocenters. The topological polar surface area (TPSA) is 112 Å². The lowest BCUT2D eigenvalue weighted by Gasteiger charge is -2.09. The highest BCUT2D eigenvalue weighted by Crippen LogP contribution is 2.42. The number of furan rings is 1. The maximum atomic E-state index is 9.34. The number of fused-ring (bicyclic) bond motifs is 1. The van der Waals surface area contributed by atoms with Crippen molar-refractivity contribution < 1.29 is 14.3 Å². The van der Waals surface area contributed by atoms with E-state index in [1.807, 2.05) is 43.4 Å². The van der Waals surface area contributed by atoms with Crippen LogP contribution in [0.5, 0.6) is 0 Å². The monoisotopic (exact) mass is 509 g/mol. The van der Waals surface area contributed by atoms with Crippen molar-refractivity contribution in [3.8, 4) is 22.5 Å². The van der Waals surface area contributed by atoms with Gasteiger partial charge in [0.1, 0.15) is 17.9 Å². The van der Waals surface area contributed by atoms with E-state index in [2.05, 4.69) is 74.4 Å². The molecule has 2 aromatic heterocycles. The highest BCUT2D eigenvalue weighted by Gasteiger charge is 2.21. The minimum Gasteiger partial charge on any atom is -0.437 e. The molecule has 0 aliphatic carbocycles. The van der Waals surface area contributed by atoms with Gasteiger partial charge in [0.05, 0.1) is 12.0 Å². The molecule has 194 valence electrons. The van der Waals surface area contributed by atoms with Gasteiger partial charge in [-0.25, -0.2) is 9.97 Å². The summed E-state index contributed by atoms with van der Waals surface area (Å²) in [6, 6.07) is 28.9. The molecule has 0 unspecified atom stereocenters. The van der Waals surface area contributed by atoms with Crippen LogP contribution in [-0.2, 0) is 11.2 Å². The lowest BCUT2D eigenvalue weighted by atomic mass is 9.99. The van der Waals surface area contributed by atoms with Crippen LogP contribution in [0.25, 0.3) is 33.6 Å². The smallest absolute Gasteiger partial charge is 0.232 e. The van der Waals surface area contributed by atoms with Crippen LogP contribution in [-0.4, -0.2) is 48.2 Å². The van der Waals surface area contributed by atoms with Crippen LogP contribution in [0, 0.1) is 0 Å². The van der Waals surface area contributed by atoms with Gasteiger partial charge in [-0.3, -0.25) is 4.79 Å². The van der Waals surface area contributed by atoms with Crippen molar-refractivity contribution >= 4 is 29.0 Å². The first-order chi connectivity index (χ1) is 18.7. The molecule has 0 saturated carbocycles. The normalized spacial score (nSPS) is 10.4. The Labute approximate surface area is 221 Å². The molecule has 0 fully saturated rings. The fourth-order valence-electron chi connectivity index (χ4n) is 4.03. The number of nitrogens with one attached hydrogen (secondary N) is 3. The van der Waals surface area contributed by atoms with Crippen LogP contribution in [0.1, 0.15) is 5.56 Å². The number of benzene rings is 3. The summed E-state index contributed by atoms with van der Waals surface area (Å²) in [6.07, 6.45) is 3.00. The van der Waals surface area contributed by atoms with Crippen LogP contribution >= 0.6 is 0 Å². The number of hydrogen-bond donors (Lipinski definition) is 4. The zero-order valence-corrected chi connectivity index (χ0v) is 21.2.